The topological polar surface area (TPSA) is 18.5 Å². The van der Waals surface area contributed by atoms with Crippen LogP contribution in [0.2, 0.25) is 0 Å². The Morgan fingerprint density at radius 1 is 1.06 bits per heavy atom. The van der Waals surface area contributed by atoms with Gasteiger partial charge in [-0.25, -0.2) is 0 Å². The van der Waals surface area contributed by atoms with Crippen molar-refractivity contribution < 1.29 is 0 Å². The van der Waals surface area contributed by atoms with E-state index in [9.17, 15) is 0 Å². The second-order valence-electron chi connectivity index (χ2n) is 7.04. The van der Waals surface area contributed by atoms with E-state index in [2.05, 4.69) is 56.8 Å². The van der Waals surface area contributed by atoms with Gasteiger partial charge in [-0.1, -0.05) is 6.92 Å². The van der Waals surface area contributed by atoms with Gasteiger partial charge in [0, 0.05) is 24.7 Å². The normalized spacial score (nSPS) is 23.7. The van der Waals surface area contributed by atoms with Gasteiger partial charge in [0.05, 0.1) is 0 Å². The summed E-state index contributed by atoms with van der Waals surface area (Å²) in [6.45, 7) is 17.5. The Hall–Kier alpha value is -0.120. The molecule has 1 aliphatic rings. The molecular formula is C15H33N3. The number of rotatable bonds is 4. The lowest BCUT2D eigenvalue weighted by atomic mass is 9.99. The average molecular weight is 255 g/mol. The van der Waals surface area contributed by atoms with Gasteiger partial charge in [0.1, 0.15) is 0 Å². The molecule has 1 rings (SSSR count). The summed E-state index contributed by atoms with van der Waals surface area (Å²) in [6, 6.07) is 0.673. The van der Waals surface area contributed by atoms with Crippen LogP contribution in [0.1, 0.15) is 41.0 Å². The van der Waals surface area contributed by atoms with Gasteiger partial charge in [-0.2, -0.15) is 0 Å². The largest absolute Gasteiger partial charge is 0.312 e. The van der Waals surface area contributed by atoms with Gasteiger partial charge < -0.3 is 10.2 Å². The predicted octanol–water partition coefficient (Wildman–Crippen LogP) is 2.04. The smallest absolute Gasteiger partial charge is 0.0112 e. The number of hydrogen-bond donors (Lipinski definition) is 1. The molecule has 18 heavy (non-hydrogen) atoms. The highest BCUT2D eigenvalue weighted by Gasteiger charge is 2.23. The van der Waals surface area contributed by atoms with Crippen molar-refractivity contribution in [3.05, 3.63) is 0 Å². The number of likely N-dealkylation sites (N-methyl/N-ethyl adjacent to an activating group) is 1. The molecule has 1 saturated heterocycles. The van der Waals surface area contributed by atoms with Gasteiger partial charge in [0.2, 0.25) is 0 Å². The van der Waals surface area contributed by atoms with Crippen molar-refractivity contribution in [2.75, 3.05) is 39.8 Å². The van der Waals surface area contributed by atoms with Gasteiger partial charge >= 0.3 is 0 Å². The van der Waals surface area contributed by atoms with Crippen LogP contribution in [-0.4, -0.2) is 61.2 Å². The Morgan fingerprint density at radius 2 is 1.72 bits per heavy atom. The SMILES string of the molecule is CC(CNC(C)(C)C)C(C)N1CCCN(C)CC1. The summed E-state index contributed by atoms with van der Waals surface area (Å²) in [5.74, 6) is 0.702. The highest BCUT2D eigenvalue weighted by Crippen LogP contribution is 2.14. The first-order valence-electron chi connectivity index (χ1n) is 7.47. The summed E-state index contributed by atoms with van der Waals surface area (Å²) in [7, 11) is 2.23. The molecule has 108 valence electrons. The van der Waals surface area contributed by atoms with Crippen molar-refractivity contribution in [1.82, 2.24) is 15.1 Å². The first-order chi connectivity index (χ1) is 8.29. The lowest BCUT2D eigenvalue weighted by Crippen LogP contribution is -2.46. The molecule has 2 atom stereocenters. The molecule has 2 unspecified atom stereocenters. The van der Waals surface area contributed by atoms with Crippen LogP contribution in [0.25, 0.3) is 0 Å². The second kappa shape index (κ2) is 6.88. The number of nitrogens with one attached hydrogen (secondary N) is 1. The molecule has 0 spiro atoms. The summed E-state index contributed by atoms with van der Waals surface area (Å²) >= 11 is 0. The van der Waals surface area contributed by atoms with Gasteiger partial charge in [0.15, 0.2) is 0 Å². The van der Waals surface area contributed by atoms with Gasteiger partial charge in [-0.15, -0.1) is 0 Å². The third-order valence-corrected chi connectivity index (χ3v) is 4.11. The van der Waals surface area contributed by atoms with E-state index < -0.39 is 0 Å². The van der Waals surface area contributed by atoms with Crippen molar-refractivity contribution in [3.8, 4) is 0 Å². The molecule has 1 heterocycles. The molecule has 0 saturated carbocycles. The van der Waals surface area contributed by atoms with Crippen LogP contribution < -0.4 is 5.32 Å². The Morgan fingerprint density at radius 3 is 2.33 bits per heavy atom. The molecular weight excluding hydrogens is 222 g/mol. The van der Waals surface area contributed by atoms with Crippen LogP contribution in [0, 0.1) is 5.92 Å². The van der Waals surface area contributed by atoms with Crippen molar-refractivity contribution >= 4 is 0 Å². The zero-order chi connectivity index (χ0) is 13.8. The Labute approximate surface area is 114 Å². The zero-order valence-electron chi connectivity index (χ0n) is 13.3. The Balaban J connectivity index is 2.39. The molecule has 3 nitrogen and oxygen atoms in total. The third-order valence-electron chi connectivity index (χ3n) is 4.11. The minimum Gasteiger partial charge on any atom is -0.312 e. The average Bonchev–Trinajstić information content (AvgIpc) is 2.49. The fourth-order valence-electron chi connectivity index (χ4n) is 2.47. The van der Waals surface area contributed by atoms with Crippen LogP contribution in [0.5, 0.6) is 0 Å². The lowest BCUT2D eigenvalue weighted by Gasteiger charge is -2.34. The molecule has 0 aliphatic carbocycles. The molecule has 0 aromatic heterocycles. The van der Waals surface area contributed by atoms with Crippen LogP contribution in [0.3, 0.4) is 0 Å². The molecule has 1 N–H and O–H groups in total. The minimum atomic E-state index is 0.229. The summed E-state index contributed by atoms with van der Waals surface area (Å²) in [6.07, 6.45) is 1.31. The van der Waals surface area contributed by atoms with E-state index in [0.717, 1.165) is 6.54 Å². The van der Waals surface area contributed by atoms with Crippen molar-refractivity contribution in [2.24, 2.45) is 5.92 Å². The van der Waals surface area contributed by atoms with E-state index in [-0.39, 0.29) is 5.54 Å². The third kappa shape index (κ3) is 5.68. The highest BCUT2D eigenvalue weighted by molar-refractivity contribution is 4.80. The summed E-state index contributed by atoms with van der Waals surface area (Å²) in [5, 5.41) is 3.63. The minimum absolute atomic E-state index is 0.229. The standard InChI is InChI=1S/C15H33N3/c1-13(12-16-15(3,4)5)14(2)18-9-7-8-17(6)10-11-18/h13-14,16H,7-12H2,1-6H3. The summed E-state index contributed by atoms with van der Waals surface area (Å²) in [5.41, 5.74) is 0.229. The predicted molar refractivity (Wildman–Crippen MR) is 80.1 cm³/mol. The molecule has 1 fully saturated rings. The first kappa shape index (κ1) is 15.9. The van der Waals surface area contributed by atoms with E-state index in [0.29, 0.717) is 12.0 Å². The van der Waals surface area contributed by atoms with Crippen molar-refractivity contribution in [3.63, 3.8) is 0 Å². The fourth-order valence-corrected chi connectivity index (χ4v) is 2.47. The maximum Gasteiger partial charge on any atom is 0.0112 e. The van der Waals surface area contributed by atoms with Crippen molar-refractivity contribution in [1.29, 1.82) is 0 Å². The quantitative estimate of drug-likeness (QED) is 0.829. The second-order valence-corrected chi connectivity index (χ2v) is 7.04. The molecule has 1 aliphatic heterocycles. The molecule has 3 heteroatoms. The molecule has 0 bridgehead atoms. The van der Waals surface area contributed by atoms with Gasteiger partial charge in [-0.05, 0) is 66.7 Å². The molecule has 0 radical (unpaired) electrons. The maximum atomic E-state index is 3.63. The van der Waals surface area contributed by atoms with Gasteiger partial charge in [-0.3, -0.25) is 4.90 Å². The van der Waals surface area contributed by atoms with E-state index in [1.807, 2.05) is 0 Å². The molecule has 0 aromatic carbocycles. The van der Waals surface area contributed by atoms with E-state index in [1.54, 1.807) is 0 Å². The van der Waals surface area contributed by atoms with E-state index in [4.69, 9.17) is 0 Å². The monoisotopic (exact) mass is 255 g/mol. The van der Waals surface area contributed by atoms with Crippen LogP contribution in [-0.2, 0) is 0 Å². The molecule has 0 amide bonds. The van der Waals surface area contributed by atoms with Crippen LogP contribution >= 0.6 is 0 Å². The van der Waals surface area contributed by atoms with Crippen molar-refractivity contribution in [2.45, 2.75) is 52.6 Å². The number of hydrogen-bond acceptors (Lipinski definition) is 3. The highest BCUT2D eigenvalue weighted by atomic mass is 15.2. The van der Waals surface area contributed by atoms with Gasteiger partial charge in [0.25, 0.3) is 0 Å². The first-order valence-corrected chi connectivity index (χ1v) is 7.47. The van der Waals surface area contributed by atoms with E-state index >= 15 is 0 Å². The lowest BCUT2D eigenvalue weighted by molar-refractivity contribution is 0.160. The maximum absolute atomic E-state index is 3.63. The Kier molecular flexibility index (Phi) is 6.09. The molecule has 0 aromatic rings. The summed E-state index contributed by atoms with van der Waals surface area (Å²) in [4.78, 5) is 5.11. The van der Waals surface area contributed by atoms with E-state index in [1.165, 1.54) is 32.6 Å². The van der Waals surface area contributed by atoms with Crippen LogP contribution in [0.15, 0.2) is 0 Å². The Bertz CT molecular complexity index is 234. The zero-order valence-corrected chi connectivity index (χ0v) is 13.3. The van der Waals surface area contributed by atoms with Crippen LogP contribution in [0.4, 0.5) is 0 Å². The fraction of sp³-hybridized carbons (Fsp3) is 1.00. The summed E-state index contributed by atoms with van der Waals surface area (Å²) < 4.78 is 0. The number of nitrogens with zero attached hydrogens (tertiary/aromatic N) is 2.